The Morgan fingerprint density at radius 1 is 0.918 bits per heavy atom. The first-order valence-corrected chi connectivity index (χ1v) is 17.1. The molecule has 3 aromatic rings. The number of aliphatic hydroxyl groups excluding tert-OH is 1. The van der Waals surface area contributed by atoms with Crippen LogP contribution in [-0.4, -0.2) is 72.3 Å². The zero-order valence-electron chi connectivity index (χ0n) is 27.5. The molecule has 3 aromatic carbocycles. The summed E-state index contributed by atoms with van der Waals surface area (Å²) in [4.78, 5) is 55.1. The van der Waals surface area contributed by atoms with E-state index in [0.29, 0.717) is 19.4 Å². The standard InChI is InChI=1S/C39H43N3O7/c43-23-28-15-11-21-42(28)36(44)22-27-14-5-2-6-20-34(38(46)48-25-35(40-37(27)45)26-12-3-1-4-13-26)41-39(47)49-24-33-31-18-9-7-16-29(31)30-17-8-10-19-32(30)33/h1-5,7-10,12-13,16-19,27-28,33-35,43H,6,11,14-15,20-25H2,(H,40,45)(H,41,47)/t27-,28+,34+,35-/m1/s1. The number of carbonyl (C=O) groups is 4. The number of alkyl carbamates (subject to hydrolysis) is 1. The fraction of sp³-hybridized carbons (Fsp3) is 0.385. The van der Waals surface area contributed by atoms with Gasteiger partial charge in [-0.15, -0.1) is 0 Å². The Labute approximate surface area is 286 Å². The highest BCUT2D eigenvalue weighted by molar-refractivity contribution is 5.87. The van der Waals surface area contributed by atoms with Crippen molar-refractivity contribution in [3.8, 4) is 11.1 Å². The number of fused-ring (bicyclic) bond motifs is 3. The van der Waals surface area contributed by atoms with Crippen LogP contribution in [0.4, 0.5) is 4.79 Å². The quantitative estimate of drug-likeness (QED) is 0.238. The lowest BCUT2D eigenvalue weighted by molar-refractivity contribution is -0.147. The van der Waals surface area contributed by atoms with E-state index in [0.717, 1.165) is 40.7 Å². The summed E-state index contributed by atoms with van der Waals surface area (Å²) in [6, 6.07) is 23.5. The van der Waals surface area contributed by atoms with E-state index in [1.165, 1.54) is 0 Å². The van der Waals surface area contributed by atoms with E-state index < -0.39 is 30.1 Å². The molecule has 0 radical (unpaired) electrons. The van der Waals surface area contributed by atoms with Gasteiger partial charge in [0.1, 0.15) is 19.3 Å². The van der Waals surface area contributed by atoms with Crippen LogP contribution in [0.1, 0.15) is 67.2 Å². The van der Waals surface area contributed by atoms with E-state index in [2.05, 4.69) is 22.8 Å². The van der Waals surface area contributed by atoms with Gasteiger partial charge >= 0.3 is 12.1 Å². The molecule has 0 saturated carbocycles. The third-order valence-corrected chi connectivity index (χ3v) is 9.74. The van der Waals surface area contributed by atoms with Gasteiger partial charge in [0.15, 0.2) is 0 Å². The molecule has 0 aromatic heterocycles. The monoisotopic (exact) mass is 665 g/mol. The molecule has 3 amide bonds. The predicted octanol–water partition coefficient (Wildman–Crippen LogP) is 5.02. The van der Waals surface area contributed by atoms with Gasteiger partial charge < -0.3 is 30.1 Å². The topological polar surface area (TPSA) is 134 Å². The highest BCUT2D eigenvalue weighted by Gasteiger charge is 2.33. The summed E-state index contributed by atoms with van der Waals surface area (Å²) < 4.78 is 11.4. The number of nitrogens with zero attached hydrogens (tertiary/aromatic N) is 1. The summed E-state index contributed by atoms with van der Waals surface area (Å²) >= 11 is 0. The summed E-state index contributed by atoms with van der Waals surface area (Å²) in [6.45, 7) is 0.411. The molecule has 2 aliphatic heterocycles. The molecule has 3 aliphatic rings. The second-order valence-electron chi connectivity index (χ2n) is 12.9. The smallest absolute Gasteiger partial charge is 0.407 e. The highest BCUT2D eigenvalue weighted by atomic mass is 16.6. The molecule has 2 heterocycles. The highest BCUT2D eigenvalue weighted by Crippen LogP contribution is 2.44. The minimum atomic E-state index is -0.976. The predicted molar refractivity (Wildman–Crippen MR) is 183 cm³/mol. The summed E-state index contributed by atoms with van der Waals surface area (Å²) in [6.07, 6.45) is 5.53. The maximum Gasteiger partial charge on any atom is 0.407 e. The largest absolute Gasteiger partial charge is 0.462 e. The number of benzene rings is 3. The number of hydrogen-bond acceptors (Lipinski definition) is 7. The van der Waals surface area contributed by atoms with Crippen LogP contribution in [0, 0.1) is 5.92 Å². The van der Waals surface area contributed by atoms with Crippen molar-refractivity contribution in [1.29, 1.82) is 0 Å². The lowest BCUT2D eigenvalue weighted by Gasteiger charge is -2.26. The molecule has 4 atom stereocenters. The maximum absolute atomic E-state index is 13.6. The summed E-state index contributed by atoms with van der Waals surface area (Å²) in [5.41, 5.74) is 5.15. The van der Waals surface area contributed by atoms with E-state index in [4.69, 9.17) is 9.47 Å². The normalized spacial score (nSPS) is 22.8. The average molecular weight is 666 g/mol. The first-order valence-electron chi connectivity index (χ1n) is 17.1. The van der Waals surface area contributed by atoms with Gasteiger partial charge in [-0.1, -0.05) is 91.0 Å². The van der Waals surface area contributed by atoms with Crippen molar-refractivity contribution in [3.05, 3.63) is 108 Å². The molecule has 49 heavy (non-hydrogen) atoms. The van der Waals surface area contributed by atoms with Crippen molar-refractivity contribution in [2.75, 3.05) is 26.4 Å². The van der Waals surface area contributed by atoms with Gasteiger partial charge in [-0.05, 0) is 59.9 Å². The van der Waals surface area contributed by atoms with Crippen LogP contribution >= 0.6 is 0 Å². The third kappa shape index (κ3) is 8.03. The molecule has 10 nitrogen and oxygen atoms in total. The summed E-state index contributed by atoms with van der Waals surface area (Å²) in [7, 11) is 0. The minimum absolute atomic E-state index is 0.0000640. The number of cyclic esters (lactones) is 1. The fourth-order valence-corrected chi connectivity index (χ4v) is 7.10. The average Bonchev–Trinajstić information content (AvgIpc) is 3.74. The van der Waals surface area contributed by atoms with Crippen LogP contribution in [0.2, 0.25) is 0 Å². The minimum Gasteiger partial charge on any atom is -0.462 e. The number of amides is 3. The molecule has 1 aliphatic carbocycles. The Hall–Kier alpha value is -4.96. The summed E-state index contributed by atoms with van der Waals surface area (Å²) in [5, 5.41) is 15.5. The number of rotatable bonds is 7. The SMILES string of the molecule is O=C(N[C@H]1CCC=CC[C@H](CC(=O)N2CCC[C@H]2CO)C(=O)N[C@@H](c2ccccc2)COC1=O)OCC1c2ccccc2-c2ccccc21. The van der Waals surface area contributed by atoms with Crippen LogP contribution in [0.3, 0.4) is 0 Å². The number of ether oxygens (including phenoxy) is 2. The Morgan fingerprint density at radius 3 is 2.33 bits per heavy atom. The van der Waals surface area contributed by atoms with Gasteiger partial charge in [0, 0.05) is 18.9 Å². The molecule has 0 bridgehead atoms. The molecule has 1 fully saturated rings. The van der Waals surface area contributed by atoms with E-state index >= 15 is 0 Å². The molecule has 1 saturated heterocycles. The molecule has 256 valence electrons. The number of hydrogen-bond donors (Lipinski definition) is 3. The fourth-order valence-electron chi connectivity index (χ4n) is 7.10. The van der Waals surface area contributed by atoms with Crippen molar-refractivity contribution >= 4 is 23.9 Å². The van der Waals surface area contributed by atoms with Crippen LogP contribution < -0.4 is 10.6 Å². The van der Waals surface area contributed by atoms with Gasteiger partial charge in [-0.3, -0.25) is 9.59 Å². The second kappa shape index (κ2) is 16.0. The van der Waals surface area contributed by atoms with Gasteiger partial charge in [0.25, 0.3) is 0 Å². The lowest BCUT2D eigenvalue weighted by atomic mass is 9.97. The van der Waals surface area contributed by atoms with E-state index in [1.54, 1.807) is 4.90 Å². The van der Waals surface area contributed by atoms with Gasteiger partial charge in [-0.2, -0.15) is 0 Å². The molecule has 0 unspecified atom stereocenters. The number of aliphatic hydroxyl groups is 1. The number of esters is 1. The first-order chi connectivity index (χ1) is 23.9. The van der Waals surface area contributed by atoms with Crippen LogP contribution in [0.15, 0.2) is 91.0 Å². The van der Waals surface area contributed by atoms with Crippen molar-refractivity contribution in [2.24, 2.45) is 5.92 Å². The van der Waals surface area contributed by atoms with Crippen LogP contribution in [0.25, 0.3) is 11.1 Å². The van der Waals surface area contributed by atoms with Crippen molar-refractivity contribution in [1.82, 2.24) is 15.5 Å². The van der Waals surface area contributed by atoms with Gasteiger partial charge in [-0.25, -0.2) is 9.59 Å². The number of nitrogens with one attached hydrogen (secondary N) is 2. The van der Waals surface area contributed by atoms with Crippen molar-refractivity contribution < 1.29 is 33.8 Å². The number of allylic oxidation sites excluding steroid dienone is 2. The Kier molecular flexibility index (Phi) is 11.0. The van der Waals surface area contributed by atoms with Gasteiger partial charge in [0.2, 0.25) is 11.8 Å². The Morgan fingerprint density at radius 2 is 1.61 bits per heavy atom. The zero-order chi connectivity index (χ0) is 34.2. The Bertz CT molecular complexity index is 1630. The Balaban J connectivity index is 1.14. The first kappa shape index (κ1) is 33.9. The van der Waals surface area contributed by atoms with Crippen LogP contribution in [0.5, 0.6) is 0 Å². The molecular weight excluding hydrogens is 622 g/mol. The molecule has 3 N–H and O–H groups in total. The molecule has 6 rings (SSSR count). The number of likely N-dealkylation sites (tertiary alicyclic amines) is 1. The van der Waals surface area contributed by atoms with Gasteiger partial charge in [0.05, 0.1) is 24.6 Å². The number of carbonyl (C=O) groups excluding carboxylic acids is 4. The molecule has 0 spiro atoms. The zero-order valence-corrected chi connectivity index (χ0v) is 27.5. The van der Waals surface area contributed by atoms with Crippen molar-refractivity contribution in [2.45, 2.75) is 62.6 Å². The van der Waals surface area contributed by atoms with E-state index in [-0.39, 0.29) is 56.4 Å². The maximum atomic E-state index is 13.6. The van der Waals surface area contributed by atoms with Crippen molar-refractivity contribution in [3.63, 3.8) is 0 Å². The third-order valence-electron chi connectivity index (χ3n) is 9.74. The molecule has 10 heteroatoms. The van der Waals surface area contributed by atoms with E-state index in [9.17, 15) is 24.3 Å². The lowest BCUT2D eigenvalue weighted by Crippen LogP contribution is -2.44. The van der Waals surface area contributed by atoms with Crippen LogP contribution in [-0.2, 0) is 23.9 Å². The molecular formula is C39H43N3O7. The second-order valence-corrected chi connectivity index (χ2v) is 12.9. The van der Waals surface area contributed by atoms with E-state index in [1.807, 2.05) is 78.9 Å². The summed E-state index contributed by atoms with van der Waals surface area (Å²) in [5.74, 6) is -1.89.